The van der Waals surface area contributed by atoms with E-state index >= 15 is 0 Å². The van der Waals surface area contributed by atoms with Gasteiger partial charge >= 0.3 is 0 Å². The highest BCUT2D eigenvalue weighted by Gasteiger charge is 2.21. The Balaban J connectivity index is 1.53. The molecular weight excluding hydrogens is 329 g/mol. The molecule has 1 fully saturated rings. The van der Waals surface area contributed by atoms with E-state index in [1.54, 1.807) is 18.3 Å². The van der Waals surface area contributed by atoms with Crippen LogP contribution in [0, 0.1) is 11.7 Å². The average Bonchev–Trinajstić information content (AvgIpc) is 2.96. The molecule has 6 nitrogen and oxygen atoms in total. The highest BCUT2D eigenvalue weighted by atomic mass is 32.1. The highest BCUT2D eigenvalue weighted by molar-refractivity contribution is 7.15. The van der Waals surface area contributed by atoms with Crippen molar-refractivity contribution in [3.8, 4) is 0 Å². The molecule has 0 amide bonds. The van der Waals surface area contributed by atoms with E-state index in [1.807, 2.05) is 6.20 Å². The first kappa shape index (κ1) is 17.2. The van der Waals surface area contributed by atoms with Crippen molar-refractivity contribution in [3.63, 3.8) is 0 Å². The van der Waals surface area contributed by atoms with Gasteiger partial charge in [-0.15, -0.1) is 11.3 Å². The predicted molar refractivity (Wildman–Crippen MR) is 91.1 cm³/mol. The van der Waals surface area contributed by atoms with E-state index in [-0.39, 0.29) is 0 Å². The van der Waals surface area contributed by atoms with Gasteiger partial charge < -0.3 is 10.4 Å². The van der Waals surface area contributed by atoms with Crippen molar-refractivity contribution in [2.24, 2.45) is 5.92 Å². The molecule has 3 heterocycles. The molecule has 1 saturated heterocycles. The molecule has 0 radical (unpaired) electrons. The van der Waals surface area contributed by atoms with Crippen molar-refractivity contribution >= 4 is 16.5 Å². The zero-order chi connectivity index (χ0) is 16.9. The molecule has 0 aromatic carbocycles. The fourth-order valence-electron chi connectivity index (χ4n) is 3.01. The van der Waals surface area contributed by atoms with E-state index in [0.717, 1.165) is 44.0 Å². The van der Waals surface area contributed by atoms with Gasteiger partial charge in [0.25, 0.3) is 0 Å². The third-order valence-electron chi connectivity index (χ3n) is 4.01. The molecule has 1 unspecified atom stereocenters. The second kappa shape index (κ2) is 7.96. The molecule has 1 aliphatic heterocycles. The van der Waals surface area contributed by atoms with Crippen LogP contribution >= 0.6 is 11.3 Å². The monoisotopic (exact) mass is 351 g/mol. The van der Waals surface area contributed by atoms with E-state index in [2.05, 4.69) is 25.2 Å². The largest absolute Gasteiger partial charge is 0.374 e. The van der Waals surface area contributed by atoms with Gasteiger partial charge in [-0.25, -0.2) is 19.3 Å². The fraction of sp³-hybridized carbons (Fsp3) is 0.562. The molecule has 8 heteroatoms. The highest BCUT2D eigenvalue weighted by Crippen LogP contribution is 2.24. The maximum absolute atomic E-state index is 12.9. The number of anilines is 1. The topological polar surface area (TPSA) is 74.2 Å². The third-order valence-corrected chi connectivity index (χ3v) is 4.93. The lowest BCUT2D eigenvalue weighted by Gasteiger charge is -2.32. The third kappa shape index (κ3) is 4.93. The van der Waals surface area contributed by atoms with Crippen molar-refractivity contribution in [1.29, 1.82) is 0 Å². The zero-order valence-corrected chi connectivity index (χ0v) is 14.5. The minimum Gasteiger partial charge on any atom is -0.374 e. The van der Waals surface area contributed by atoms with Crippen molar-refractivity contribution in [2.45, 2.75) is 39.0 Å². The number of nitrogens with one attached hydrogen (secondary N) is 1. The Kier molecular flexibility index (Phi) is 5.70. The lowest BCUT2D eigenvalue weighted by atomic mass is 9.94. The zero-order valence-electron chi connectivity index (χ0n) is 13.7. The fourth-order valence-corrected chi connectivity index (χ4v) is 3.95. The number of rotatable bonds is 6. The van der Waals surface area contributed by atoms with Gasteiger partial charge in [0.05, 0.1) is 12.4 Å². The van der Waals surface area contributed by atoms with E-state index in [4.69, 9.17) is 0 Å². The molecule has 2 N–H and O–H groups in total. The summed E-state index contributed by atoms with van der Waals surface area (Å²) in [7, 11) is 0. The Morgan fingerprint density at radius 2 is 2.17 bits per heavy atom. The summed E-state index contributed by atoms with van der Waals surface area (Å²) >= 11 is 1.57. The van der Waals surface area contributed by atoms with Gasteiger partial charge in [0.15, 0.2) is 10.9 Å². The maximum atomic E-state index is 12.9. The number of hydrogen-bond donors (Lipinski definition) is 2. The number of piperidine rings is 1. The minimum absolute atomic E-state index is 0.393. The summed E-state index contributed by atoms with van der Waals surface area (Å²) in [6, 6.07) is 0. The van der Waals surface area contributed by atoms with Crippen LogP contribution in [0.5, 0.6) is 0 Å². The first-order valence-electron chi connectivity index (χ1n) is 8.16. The molecule has 0 spiro atoms. The summed E-state index contributed by atoms with van der Waals surface area (Å²) in [5.74, 6) is 0.812. The molecule has 1 aliphatic rings. The Hall–Kier alpha value is -1.64. The van der Waals surface area contributed by atoms with E-state index in [9.17, 15) is 9.50 Å². The molecule has 2 atom stereocenters. The number of aromatic nitrogens is 3. The number of thiazole rings is 1. The first-order chi connectivity index (χ1) is 11.6. The van der Waals surface area contributed by atoms with Crippen LogP contribution in [0.4, 0.5) is 9.52 Å². The summed E-state index contributed by atoms with van der Waals surface area (Å²) in [6.07, 6.45) is 6.81. The molecule has 130 valence electrons. The van der Waals surface area contributed by atoms with Gasteiger partial charge in [-0.05, 0) is 32.2 Å². The lowest BCUT2D eigenvalue weighted by Crippen LogP contribution is -2.35. The molecule has 0 bridgehead atoms. The Bertz CT molecular complexity index is 648. The molecule has 24 heavy (non-hydrogen) atoms. The summed E-state index contributed by atoms with van der Waals surface area (Å²) < 4.78 is 12.9. The van der Waals surface area contributed by atoms with Crippen LogP contribution in [-0.4, -0.2) is 44.3 Å². The number of nitrogens with zero attached hydrogens (tertiary/aromatic N) is 4. The SMILES string of the molecule is CC(O)Nc1ncc(CN2CCC[C@@H](Cc3ncc(F)cn3)C2)s1. The molecule has 2 aromatic rings. The van der Waals surface area contributed by atoms with Gasteiger partial charge in [-0.2, -0.15) is 0 Å². The van der Waals surface area contributed by atoms with Crippen molar-refractivity contribution in [2.75, 3.05) is 18.4 Å². The number of aliphatic hydroxyl groups excluding tert-OH is 1. The van der Waals surface area contributed by atoms with E-state index in [0.29, 0.717) is 11.7 Å². The van der Waals surface area contributed by atoms with Gasteiger partial charge in [0, 0.05) is 30.6 Å². The van der Waals surface area contributed by atoms with Gasteiger partial charge in [0.2, 0.25) is 0 Å². The van der Waals surface area contributed by atoms with Gasteiger partial charge in [-0.1, -0.05) is 0 Å². The summed E-state index contributed by atoms with van der Waals surface area (Å²) in [4.78, 5) is 16.0. The van der Waals surface area contributed by atoms with Crippen LogP contribution in [0.15, 0.2) is 18.6 Å². The van der Waals surface area contributed by atoms with Crippen LogP contribution in [0.3, 0.4) is 0 Å². The number of aliphatic hydroxyl groups is 1. The Morgan fingerprint density at radius 1 is 1.38 bits per heavy atom. The minimum atomic E-state index is -0.598. The van der Waals surface area contributed by atoms with E-state index < -0.39 is 12.0 Å². The van der Waals surface area contributed by atoms with Crippen LogP contribution in [-0.2, 0) is 13.0 Å². The standard InChI is InChI=1S/C16H22FN5OS/c1-11(23)21-16-20-8-14(24-16)10-22-4-2-3-12(9-22)5-15-18-6-13(17)7-19-15/h6-8,11-12,23H,2-5,9-10H2,1H3,(H,20,21)/t11?,12-/m0/s1. The van der Waals surface area contributed by atoms with Crippen molar-refractivity contribution in [3.05, 3.63) is 35.1 Å². The molecule has 3 rings (SSSR count). The van der Waals surface area contributed by atoms with Gasteiger partial charge in [-0.3, -0.25) is 4.90 Å². The number of likely N-dealkylation sites (tertiary alicyclic amines) is 1. The second-order valence-electron chi connectivity index (χ2n) is 6.22. The molecule has 2 aromatic heterocycles. The Labute approximate surface area is 144 Å². The van der Waals surface area contributed by atoms with Crippen molar-refractivity contribution in [1.82, 2.24) is 19.9 Å². The maximum Gasteiger partial charge on any atom is 0.184 e. The number of hydrogen-bond acceptors (Lipinski definition) is 7. The quantitative estimate of drug-likeness (QED) is 0.778. The molecular formula is C16H22FN5OS. The summed E-state index contributed by atoms with van der Waals surface area (Å²) in [6.45, 7) is 4.59. The summed E-state index contributed by atoms with van der Waals surface area (Å²) in [5.41, 5.74) is 0. The predicted octanol–water partition coefficient (Wildman–Crippen LogP) is 2.28. The normalized spacial score (nSPS) is 20.0. The summed E-state index contributed by atoms with van der Waals surface area (Å²) in [5, 5.41) is 13.0. The molecule has 0 saturated carbocycles. The van der Waals surface area contributed by atoms with E-state index in [1.165, 1.54) is 17.3 Å². The Morgan fingerprint density at radius 3 is 2.92 bits per heavy atom. The van der Waals surface area contributed by atoms with Crippen LogP contribution in [0.25, 0.3) is 0 Å². The average molecular weight is 351 g/mol. The van der Waals surface area contributed by atoms with Crippen LogP contribution in [0.2, 0.25) is 0 Å². The smallest absolute Gasteiger partial charge is 0.184 e. The van der Waals surface area contributed by atoms with Crippen LogP contribution in [0.1, 0.15) is 30.5 Å². The first-order valence-corrected chi connectivity index (χ1v) is 8.98. The second-order valence-corrected chi connectivity index (χ2v) is 7.33. The lowest BCUT2D eigenvalue weighted by molar-refractivity contribution is 0.167. The van der Waals surface area contributed by atoms with Crippen molar-refractivity contribution < 1.29 is 9.50 Å². The van der Waals surface area contributed by atoms with Gasteiger partial charge in [0.1, 0.15) is 12.1 Å². The molecule has 0 aliphatic carbocycles. The van der Waals surface area contributed by atoms with Crippen LogP contribution < -0.4 is 5.32 Å². The number of halogens is 1.